The van der Waals surface area contributed by atoms with Gasteiger partial charge in [0.1, 0.15) is 5.60 Å². The summed E-state index contributed by atoms with van der Waals surface area (Å²) in [7, 11) is 0. The highest BCUT2D eigenvalue weighted by Crippen LogP contribution is 2.39. The molecule has 1 aliphatic heterocycles. The second-order valence-corrected chi connectivity index (χ2v) is 3.99. The van der Waals surface area contributed by atoms with Gasteiger partial charge >= 0.3 is 0 Å². The average molecular weight is 183 g/mol. The molecule has 0 radical (unpaired) electrons. The van der Waals surface area contributed by atoms with Gasteiger partial charge in [-0.1, -0.05) is 6.92 Å². The zero-order chi connectivity index (χ0) is 9.95. The molecule has 1 fully saturated rings. The van der Waals surface area contributed by atoms with E-state index in [9.17, 15) is 5.11 Å². The van der Waals surface area contributed by atoms with Crippen molar-refractivity contribution in [1.82, 2.24) is 0 Å². The Morgan fingerprint density at radius 1 is 1.69 bits per heavy atom. The maximum absolute atomic E-state index is 10.2. The Bertz CT molecular complexity index is 215. The molecule has 0 spiro atoms. The van der Waals surface area contributed by atoms with E-state index in [1.807, 2.05) is 13.8 Å². The van der Waals surface area contributed by atoms with Gasteiger partial charge in [-0.3, -0.25) is 0 Å². The van der Waals surface area contributed by atoms with Crippen molar-refractivity contribution in [2.45, 2.75) is 38.7 Å². The predicted octanol–water partition coefficient (Wildman–Crippen LogP) is 1.47. The lowest BCUT2D eigenvalue weighted by molar-refractivity contribution is -0.138. The molecule has 3 heteroatoms. The maximum Gasteiger partial charge on any atom is 0.106 e. The van der Waals surface area contributed by atoms with E-state index in [0.717, 1.165) is 6.42 Å². The van der Waals surface area contributed by atoms with Crippen LogP contribution < -0.4 is 0 Å². The molecular weight excluding hydrogens is 166 g/mol. The van der Waals surface area contributed by atoms with Gasteiger partial charge in [-0.2, -0.15) is 5.26 Å². The van der Waals surface area contributed by atoms with Crippen LogP contribution in [0.4, 0.5) is 0 Å². The van der Waals surface area contributed by atoms with Crippen LogP contribution in [0.25, 0.3) is 0 Å². The predicted molar refractivity (Wildman–Crippen MR) is 49.0 cm³/mol. The van der Waals surface area contributed by atoms with E-state index in [-0.39, 0.29) is 0 Å². The molecule has 1 heterocycles. The number of nitrogens with zero attached hydrogens (tertiary/aromatic N) is 1. The van der Waals surface area contributed by atoms with Crippen LogP contribution in [-0.2, 0) is 4.74 Å². The largest absolute Gasteiger partial charge is 0.386 e. The summed E-state index contributed by atoms with van der Waals surface area (Å²) in [6.07, 6.45) is 2.17. The van der Waals surface area contributed by atoms with Gasteiger partial charge in [-0.15, -0.1) is 0 Å². The summed E-state index contributed by atoms with van der Waals surface area (Å²) in [5, 5.41) is 19.3. The van der Waals surface area contributed by atoms with Crippen molar-refractivity contribution >= 4 is 0 Å². The third-order valence-electron chi connectivity index (χ3n) is 3.20. The summed E-state index contributed by atoms with van der Waals surface area (Å²) >= 11 is 0. The molecule has 0 aromatic carbocycles. The zero-order valence-electron chi connectivity index (χ0n) is 8.34. The van der Waals surface area contributed by atoms with Crippen molar-refractivity contribution in [3.8, 4) is 6.07 Å². The molecular formula is C10H17NO2. The maximum atomic E-state index is 10.2. The number of hydrogen-bond donors (Lipinski definition) is 1. The van der Waals surface area contributed by atoms with E-state index in [1.165, 1.54) is 0 Å². The molecule has 2 unspecified atom stereocenters. The van der Waals surface area contributed by atoms with E-state index in [0.29, 0.717) is 26.1 Å². The first kappa shape index (κ1) is 10.5. The summed E-state index contributed by atoms with van der Waals surface area (Å²) in [6.45, 7) is 4.73. The standard InChI is InChI=1S/C10H17NO2/c1-3-9(2,7-11)10(12)5-4-6-13-8-10/h12H,3-6,8H2,1-2H3. The lowest BCUT2D eigenvalue weighted by Gasteiger charge is -2.42. The molecule has 1 rings (SSSR count). The van der Waals surface area contributed by atoms with Crippen molar-refractivity contribution < 1.29 is 9.84 Å². The smallest absolute Gasteiger partial charge is 0.106 e. The fourth-order valence-electron chi connectivity index (χ4n) is 1.73. The van der Waals surface area contributed by atoms with Gasteiger partial charge in [0.2, 0.25) is 0 Å². The van der Waals surface area contributed by atoms with E-state index in [4.69, 9.17) is 10.00 Å². The first-order valence-corrected chi connectivity index (χ1v) is 4.79. The second kappa shape index (κ2) is 3.65. The Hall–Kier alpha value is -0.590. The molecule has 3 nitrogen and oxygen atoms in total. The molecule has 0 aromatic rings. The molecule has 2 atom stereocenters. The molecule has 0 amide bonds. The minimum Gasteiger partial charge on any atom is -0.386 e. The fourth-order valence-corrected chi connectivity index (χ4v) is 1.73. The monoisotopic (exact) mass is 183 g/mol. The molecule has 1 saturated heterocycles. The summed E-state index contributed by atoms with van der Waals surface area (Å²) in [5.41, 5.74) is -1.62. The Kier molecular flexibility index (Phi) is 2.94. The van der Waals surface area contributed by atoms with Crippen LogP contribution in [-0.4, -0.2) is 23.9 Å². The Balaban J connectivity index is 2.82. The second-order valence-electron chi connectivity index (χ2n) is 3.99. The van der Waals surface area contributed by atoms with Crippen LogP contribution in [0.15, 0.2) is 0 Å². The summed E-state index contributed by atoms with van der Waals surface area (Å²) in [5.74, 6) is 0. The van der Waals surface area contributed by atoms with Gasteiger partial charge in [0.15, 0.2) is 0 Å². The van der Waals surface area contributed by atoms with Crippen LogP contribution in [0.2, 0.25) is 0 Å². The van der Waals surface area contributed by atoms with Gasteiger partial charge in [-0.25, -0.2) is 0 Å². The highest BCUT2D eigenvalue weighted by atomic mass is 16.5. The molecule has 13 heavy (non-hydrogen) atoms. The van der Waals surface area contributed by atoms with Gasteiger partial charge in [0.05, 0.1) is 18.1 Å². The third-order valence-corrected chi connectivity index (χ3v) is 3.20. The Labute approximate surface area is 79.3 Å². The van der Waals surface area contributed by atoms with Crippen LogP contribution in [0.5, 0.6) is 0 Å². The number of nitriles is 1. The summed E-state index contributed by atoms with van der Waals surface area (Å²) in [6, 6.07) is 2.21. The van der Waals surface area contributed by atoms with Crippen LogP contribution in [0.1, 0.15) is 33.1 Å². The molecule has 74 valence electrons. The lowest BCUT2D eigenvalue weighted by Crippen LogP contribution is -2.51. The van der Waals surface area contributed by atoms with Crippen molar-refractivity contribution in [1.29, 1.82) is 5.26 Å². The van der Waals surface area contributed by atoms with Crippen molar-refractivity contribution in [2.24, 2.45) is 5.41 Å². The molecule has 1 aliphatic rings. The highest BCUT2D eigenvalue weighted by molar-refractivity contribution is 5.09. The fraction of sp³-hybridized carbons (Fsp3) is 0.900. The first-order valence-electron chi connectivity index (χ1n) is 4.79. The topological polar surface area (TPSA) is 53.2 Å². The van der Waals surface area contributed by atoms with E-state index in [2.05, 4.69) is 6.07 Å². The number of rotatable bonds is 2. The minimum absolute atomic E-state index is 0.297. The SMILES string of the molecule is CCC(C)(C#N)C1(O)CCCOC1. The third kappa shape index (κ3) is 1.70. The summed E-state index contributed by atoms with van der Waals surface area (Å²) < 4.78 is 5.23. The minimum atomic E-state index is -0.950. The highest BCUT2D eigenvalue weighted by Gasteiger charge is 2.47. The van der Waals surface area contributed by atoms with Crippen molar-refractivity contribution in [3.63, 3.8) is 0 Å². The van der Waals surface area contributed by atoms with Crippen LogP contribution in [0, 0.1) is 16.7 Å². The van der Waals surface area contributed by atoms with Gasteiger partial charge < -0.3 is 9.84 Å². The van der Waals surface area contributed by atoms with E-state index >= 15 is 0 Å². The number of aliphatic hydroxyl groups is 1. The molecule has 0 aromatic heterocycles. The Morgan fingerprint density at radius 3 is 2.77 bits per heavy atom. The molecule has 0 saturated carbocycles. The lowest BCUT2D eigenvalue weighted by atomic mass is 9.70. The zero-order valence-corrected chi connectivity index (χ0v) is 8.34. The first-order chi connectivity index (χ1) is 6.08. The van der Waals surface area contributed by atoms with E-state index in [1.54, 1.807) is 0 Å². The normalized spacial score (nSPS) is 33.4. The van der Waals surface area contributed by atoms with E-state index < -0.39 is 11.0 Å². The molecule has 0 aliphatic carbocycles. The average Bonchev–Trinajstić information content (AvgIpc) is 2.17. The van der Waals surface area contributed by atoms with Crippen molar-refractivity contribution in [2.75, 3.05) is 13.2 Å². The van der Waals surface area contributed by atoms with Crippen LogP contribution >= 0.6 is 0 Å². The quantitative estimate of drug-likeness (QED) is 0.705. The number of hydrogen-bond acceptors (Lipinski definition) is 3. The number of ether oxygens (including phenoxy) is 1. The van der Waals surface area contributed by atoms with Crippen molar-refractivity contribution in [3.05, 3.63) is 0 Å². The Morgan fingerprint density at radius 2 is 2.38 bits per heavy atom. The van der Waals surface area contributed by atoms with Crippen LogP contribution in [0.3, 0.4) is 0 Å². The van der Waals surface area contributed by atoms with Gasteiger partial charge in [-0.05, 0) is 26.2 Å². The van der Waals surface area contributed by atoms with Gasteiger partial charge in [0.25, 0.3) is 0 Å². The molecule has 0 bridgehead atoms. The summed E-state index contributed by atoms with van der Waals surface area (Å²) in [4.78, 5) is 0. The van der Waals surface area contributed by atoms with Gasteiger partial charge in [0, 0.05) is 6.61 Å². The molecule has 1 N–H and O–H groups in total.